The van der Waals surface area contributed by atoms with Crippen LogP contribution in [-0.2, 0) is 0 Å². The second kappa shape index (κ2) is 4.24. The molecule has 1 amide bonds. The average molecular weight is 247 g/mol. The Morgan fingerprint density at radius 1 is 1.56 bits per heavy atom. The first-order valence-corrected chi connectivity index (χ1v) is 6.35. The van der Waals surface area contributed by atoms with Crippen molar-refractivity contribution in [3.05, 3.63) is 23.5 Å². The van der Waals surface area contributed by atoms with E-state index in [4.69, 9.17) is 10.5 Å². The van der Waals surface area contributed by atoms with Gasteiger partial charge in [-0.3, -0.25) is 4.79 Å². The van der Waals surface area contributed by atoms with Crippen LogP contribution in [0.4, 0.5) is 0 Å². The molecule has 2 fully saturated rings. The van der Waals surface area contributed by atoms with Gasteiger partial charge in [0.2, 0.25) is 0 Å². The fourth-order valence-corrected chi connectivity index (χ4v) is 2.21. The summed E-state index contributed by atoms with van der Waals surface area (Å²) in [5.74, 6) is 0.711. The molecule has 0 bridgehead atoms. The summed E-state index contributed by atoms with van der Waals surface area (Å²) in [6.45, 7) is 2.94. The van der Waals surface area contributed by atoms with E-state index in [0.29, 0.717) is 17.7 Å². The maximum atomic E-state index is 11.3. The monoisotopic (exact) mass is 247 g/mol. The Kier molecular flexibility index (Phi) is 2.70. The lowest BCUT2D eigenvalue weighted by Gasteiger charge is -2.35. The van der Waals surface area contributed by atoms with Crippen LogP contribution in [0.2, 0.25) is 0 Å². The number of pyridine rings is 1. The number of amides is 1. The predicted molar refractivity (Wildman–Crippen MR) is 66.6 cm³/mol. The Morgan fingerprint density at radius 3 is 2.83 bits per heavy atom. The molecule has 1 aliphatic carbocycles. The van der Waals surface area contributed by atoms with E-state index in [0.717, 1.165) is 30.7 Å². The molecule has 1 aromatic heterocycles. The van der Waals surface area contributed by atoms with Crippen molar-refractivity contribution in [2.45, 2.75) is 37.8 Å². The molecule has 0 aromatic carbocycles. The molecule has 0 radical (unpaired) electrons. The van der Waals surface area contributed by atoms with Gasteiger partial charge in [-0.05, 0) is 37.3 Å². The maximum absolute atomic E-state index is 11.3. The molecular formula is C13H17N3O2. The van der Waals surface area contributed by atoms with E-state index in [9.17, 15) is 4.79 Å². The predicted octanol–water partition coefficient (Wildman–Crippen LogP) is 0.797. The van der Waals surface area contributed by atoms with Crippen molar-refractivity contribution in [3.8, 4) is 5.75 Å². The van der Waals surface area contributed by atoms with Crippen LogP contribution in [0, 0.1) is 0 Å². The van der Waals surface area contributed by atoms with E-state index in [2.05, 4.69) is 17.2 Å². The van der Waals surface area contributed by atoms with Crippen molar-refractivity contribution in [1.29, 1.82) is 0 Å². The molecule has 3 N–H and O–H groups in total. The highest BCUT2D eigenvalue weighted by molar-refractivity contribution is 5.92. The summed E-state index contributed by atoms with van der Waals surface area (Å²) in [4.78, 5) is 15.5. The van der Waals surface area contributed by atoms with Crippen LogP contribution < -0.4 is 15.8 Å². The Morgan fingerprint density at radius 2 is 2.33 bits per heavy atom. The summed E-state index contributed by atoms with van der Waals surface area (Å²) in [5, 5.41) is 3.24. The lowest BCUT2D eigenvalue weighted by Crippen LogP contribution is -2.58. The van der Waals surface area contributed by atoms with Crippen molar-refractivity contribution in [1.82, 2.24) is 10.3 Å². The van der Waals surface area contributed by atoms with Crippen LogP contribution in [0.25, 0.3) is 0 Å². The first kappa shape index (κ1) is 11.5. The van der Waals surface area contributed by atoms with Crippen LogP contribution in [-0.4, -0.2) is 29.6 Å². The highest BCUT2D eigenvalue weighted by atomic mass is 16.5. The van der Waals surface area contributed by atoms with Gasteiger partial charge in [-0.1, -0.05) is 0 Å². The van der Waals surface area contributed by atoms with Gasteiger partial charge >= 0.3 is 0 Å². The number of carbonyl (C=O) groups excluding carboxylic acids is 1. The van der Waals surface area contributed by atoms with Crippen molar-refractivity contribution < 1.29 is 9.53 Å². The summed E-state index contributed by atoms with van der Waals surface area (Å²) in [6, 6.07) is 2.29. The van der Waals surface area contributed by atoms with E-state index in [1.165, 1.54) is 0 Å². The Hall–Kier alpha value is -1.62. The fourth-order valence-electron chi connectivity index (χ4n) is 2.21. The normalized spacial score (nSPS) is 26.5. The zero-order valence-electron chi connectivity index (χ0n) is 10.3. The average Bonchev–Trinajstić information content (AvgIpc) is 3.18. The third kappa shape index (κ3) is 2.06. The Bertz CT molecular complexity index is 485. The third-order valence-electron chi connectivity index (χ3n) is 3.63. The number of hydrogen-bond donors (Lipinski definition) is 2. The van der Waals surface area contributed by atoms with E-state index >= 15 is 0 Å². The quantitative estimate of drug-likeness (QED) is 0.825. The molecule has 2 heterocycles. The number of hydrogen-bond acceptors (Lipinski definition) is 4. The van der Waals surface area contributed by atoms with E-state index in [-0.39, 0.29) is 6.10 Å². The number of primary amides is 1. The largest absolute Gasteiger partial charge is 0.486 e. The van der Waals surface area contributed by atoms with Crippen LogP contribution >= 0.6 is 0 Å². The standard InChI is InChI=1S/C13H17N3O2/c1-7-11(6-15-7)18-9-4-10(8-2-3-8)12(13(14)17)16-5-9/h4-5,7-8,11,15H,2-3,6H2,1H3,(H2,14,17)/t7-,11+/m1/s1. The van der Waals surface area contributed by atoms with E-state index in [1.54, 1.807) is 6.20 Å². The SMILES string of the molecule is C[C@H]1NC[C@@H]1Oc1cnc(C(N)=O)c(C2CC2)c1. The highest BCUT2D eigenvalue weighted by Crippen LogP contribution is 2.42. The number of rotatable bonds is 4. The summed E-state index contributed by atoms with van der Waals surface area (Å²) < 4.78 is 5.84. The van der Waals surface area contributed by atoms with Crippen molar-refractivity contribution in [2.24, 2.45) is 5.73 Å². The second-order valence-corrected chi connectivity index (χ2v) is 5.10. The minimum atomic E-state index is -0.456. The molecule has 96 valence electrons. The molecule has 0 spiro atoms. The molecule has 2 atom stereocenters. The van der Waals surface area contributed by atoms with Gasteiger partial charge in [0.15, 0.2) is 0 Å². The molecule has 1 aliphatic heterocycles. The van der Waals surface area contributed by atoms with Crippen LogP contribution in [0.15, 0.2) is 12.3 Å². The molecule has 0 unspecified atom stereocenters. The zero-order valence-corrected chi connectivity index (χ0v) is 10.3. The van der Waals surface area contributed by atoms with Crippen molar-refractivity contribution in [2.75, 3.05) is 6.54 Å². The number of ether oxygens (including phenoxy) is 1. The number of nitrogens with two attached hydrogens (primary N) is 1. The van der Waals surface area contributed by atoms with E-state index in [1.807, 2.05) is 6.07 Å². The lowest BCUT2D eigenvalue weighted by molar-refractivity contribution is 0.0930. The zero-order chi connectivity index (χ0) is 12.7. The van der Waals surface area contributed by atoms with Gasteiger partial charge in [-0.25, -0.2) is 4.98 Å². The molecule has 2 aliphatic rings. The van der Waals surface area contributed by atoms with Crippen molar-refractivity contribution >= 4 is 5.91 Å². The molecule has 1 saturated heterocycles. The molecule has 1 aromatic rings. The van der Waals surface area contributed by atoms with E-state index < -0.39 is 5.91 Å². The van der Waals surface area contributed by atoms with Gasteiger partial charge in [0, 0.05) is 12.6 Å². The Labute approximate surface area is 106 Å². The smallest absolute Gasteiger partial charge is 0.267 e. The first-order valence-electron chi connectivity index (χ1n) is 6.35. The van der Waals surface area contributed by atoms with Crippen molar-refractivity contribution in [3.63, 3.8) is 0 Å². The lowest BCUT2D eigenvalue weighted by atomic mass is 10.1. The molecule has 18 heavy (non-hydrogen) atoms. The first-order chi connectivity index (χ1) is 8.65. The highest BCUT2D eigenvalue weighted by Gasteiger charge is 2.31. The third-order valence-corrected chi connectivity index (χ3v) is 3.63. The number of nitrogens with zero attached hydrogens (tertiary/aromatic N) is 1. The summed E-state index contributed by atoms with van der Waals surface area (Å²) >= 11 is 0. The number of nitrogens with one attached hydrogen (secondary N) is 1. The van der Waals surface area contributed by atoms with Crippen LogP contribution in [0.3, 0.4) is 0 Å². The van der Waals surface area contributed by atoms with Gasteiger partial charge in [0.25, 0.3) is 5.91 Å². The molecule has 1 saturated carbocycles. The Balaban J connectivity index is 1.83. The van der Waals surface area contributed by atoms with Crippen LogP contribution in [0.1, 0.15) is 41.7 Å². The minimum absolute atomic E-state index is 0.193. The number of aromatic nitrogens is 1. The van der Waals surface area contributed by atoms with Crippen LogP contribution in [0.5, 0.6) is 5.75 Å². The number of carbonyl (C=O) groups is 1. The van der Waals surface area contributed by atoms with Gasteiger partial charge in [-0.2, -0.15) is 0 Å². The van der Waals surface area contributed by atoms with Gasteiger partial charge in [0.1, 0.15) is 17.5 Å². The van der Waals surface area contributed by atoms with Gasteiger partial charge < -0.3 is 15.8 Å². The summed E-state index contributed by atoms with van der Waals surface area (Å²) in [6.07, 6.45) is 4.00. The molecular weight excluding hydrogens is 230 g/mol. The fraction of sp³-hybridized carbons (Fsp3) is 0.538. The topological polar surface area (TPSA) is 77.2 Å². The molecule has 5 heteroatoms. The van der Waals surface area contributed by atoms with Gasteiger partial charge in [0.05, 0.1) is 6.20 Å². The minimum Gasteiger partial charge on any atom is -0.486 e. The molecule has 5 nitrogen and oxygen atoms in total. The molecule has 3 rings (SSSR count). The summed E-state index contributed by atoms with van der Waals surface area (Å²) in [5.41, 5.74) is 6.68. The van der Waals surface area contributed by atoms with Gasteiger partial charge in [-0.15, -0.1) is 0 Å². The maximum Gasteiger partial charge on any atom is 0.267 e. The summed E-state index contributed by atoms with van der Waals surface area (Å²) in [7, 11) is 0. The second-order valence-electron chi connectivity index (χ2n) is 5.10.